The van der Waals surface area contributed by atoms with Gasteiger partial charge in [-0.05, 0) is 43.2 Å². The second-order valence-corrected chi connectivity index (χ2v) is 9.03. The van der Waals surface area contributed by atoms with Gasteiger partial charge in [-0.2, -0.15) is 0 Å². The van der Waals surface area contributed by atoms with Crippen molar-refractivity contribution < 1.29 is 27.4 Å². The summed E-state index contributed by atoms with van der Waals surface area (Å²) in [7, 11) is 0.586. The van der Waals surface area contributed by atoms with Crippen LogP contribution in [0.5, 0.6) is 17.2 Å². The number of benzene rings is 2. The molecule has 0 heterocycles. The van der Waals surface area contributed by atoms with Gasteiger partial charge < -0.3 is 19.5 Å². The van der Waals surface area contributed by atoms with Crippen LogP contribution in [0.4, 0.5) is 5.69 Å². The first-order valence-electron chi connectivity index (χ1n) is 10.1. The number of anilines is 1. The standard InChI is InChI=1S/C22H28N2O6S/c1-28-18-12-10-17(14-20(18)30-3)23-22(25)15-9-11-19(29-2)21(13-15)31(26,27)24-16-7-5-4-6-8-16/h9-14,16,24H,4-8H2,1-3H3,(H,23,25). The Hall–Kier alpha value is -2.78. The first-order chi connectivity index (χ1) is 14.9. The van der Waals surface area contributed by atoms with Crippen molar-refractivity contribution in [3.05, 3.63) is 42.0 Å². The summed E-state index contributed by atoms with van der Waals surface area (Å²) in [6.45, 7) is 0. The van der Waals surface area contributed by atoms with Crippen LogP contribution in [-0.2, 0) is 10.0 Å². The van der Waals surface area contributed by atoms with Crippen LogP contribution in [0.2, 0.25) is 0 Å². The number of hydrogen-bond donors (Lipinski definition) is 2. The molecule has 0 atom stereocenters. The van der Waals surface area contributed by atoms with Gasteiger partial charge in [0.15, 0.2) is 11.5 Å². The summed E-state index contributed by atoms with van der Waals surface area (Å²) in [4.78, 5) is 12.7. The maximum atomic E-state index is 13.0. The van der Waals surface area contributed by atoms with Crippen LogP contribution in [0, 0.1) is 0 Å². The Morgan fingerprint density at radius 2 is 1.52 bits per heavy atom. The van der Waals surface area contributed by atoms with E-state index in [0.29, 0.717) is 17.2 Å². The van der Waals surface area contributed by atoms with E-state index in [9.17, 15) is 13.2 Å². The summed E-state index contributed by atoms with van der Waals surface area (Å²) in [5, 5.41) is 2.75. The van der Waals surface area contributed by atoms with Gasteiger partial charge in [-0.3, -0.25) is 4.79 Å². The minimum atomic E-state index is -3.84. The van der Waals surface area contributed by atoms with Gasteiger partial charge in [-0.25, -0.2) is 13.1 Å². The predicted molar refractivity (Wildman–Crippen MR) is 118 cm³/mol. The third kappa shape index (κ3) is 5.48. The third-order valence-electron chi connectivity index (χ3n) is 5.28. The molecule has 8 nitrogen and oxygen atoms in total. The van der Waals surface area contributed by atoms with Crippen molar-refractivity contribution in [3.8, 4) is 17.2 Å². The van der Waals surface area contributed by atoms with Crippen LogP contribution in [0.15, 0.2) is 41.3 Å². The Bertz CT molecular complexity index is 1030. The molecule has 2 aromatic rings. The second-order valence-electron chi connectivity index (χ2n) is 7.35. The third-order valence-corrected chi connectivity index (χ3v) is 6.83. The van der Waals surface area contributed by atoms with Crippen molar-refractivity contribution >= 4 is 21.6 Å². The van der Waals surface area contributed by atoms with Crippen LogP contribution in [-0.4, -0.2) is 41.7 Å². The van der Waals surface area contributed by atoms with Crippen LogP contribution < -0.4 is 24.2 Å². The Kier molecular flexibility index (Phi) is 7.40. The highest BCUT2D eigenvalue weighted by molar-refractivity contribution is 7.89. The summed E-state index contributed by atoms with van der Waals surface area (Å²) >= 11 is 0. The topological polar surface area (TPSA) is 103 Å². The zero-order chi connectivity index (χ0) is 22.4. The van der Waals surface area contributed by atoms with Gasteiger partial charge in [-0.15, -0.1) is 0 Å². The van der Waals surface area contributed by atoms with Gasteiger partial charge in [0, 0.05) is 23.4 Å². The summed E-state index contributed by atoms with van der Waals surface area (Å²) in [6.07, 6.45) is 4.73. The van der Waals surface area contributed by atoms with Crippen LogP contribution in [0.3, 0.4) is 0 Å². The molecule has 1 aliphatic carbocycles. The molecule has 1 saturated carbocycles. The lowest BCUT2D eigenvalue weighted by Gasteiger charge is -2.23. The molecule has 0 bridgehead atoms. The highest BCUT2D eigenvalue weighted by atomic mass is 32.2. The quantitative estimate of drug-likeness (QED) is 0.640. The summed E-state index contributed by atoms with van der Waals surface area (Å²) < 4.78 is 44.5. The first-order valence-corrected chi connectivity index (χ1v) is 11.6. The molecular formula is C22H28N2O6S. The van der Waals surface area contributed by atoms with Gasteiger partial charge in [0.25, 0.3) is 5.91 Å². The fraction of sp³-hybridized carbons (Fsp3) is 0.409. The maximum Gasteiger partial charge on any atom is 0.255 e. The Morgan fingerprint density at radius 3 is 2.16 bits per heavy atom. The zero-order valence-electron chi connectivity index (χ0n) is 17.9. The Balaban J connectivity index is 1.84. The molecular weight excluding hydrogens is 420 g/mol. The van der Waals surface area contributed by atoms with Gasteiger partial charge >= 0.3 is 0 Å². The summed E-state index contributed by atoms with van der Waals surface area (Å²) in [5.41, 5.74) is 0.683. The van der Waals surface area contributed by atoms with Crippen molar-refractivity contribution in [2.45, 2.75) is 43.0 Å². The first kappa shape index (κ1) is 22.9. The molecule has 1 amide bonds. The van der Waals surface area contributed by atoms with E-state index in [1.165, 1.54) is 39.5 Å². The number of carbonyl (C=O) groups is 1. The number of sulfonamides is 1. The van der Waals surface area contributed by atoms with Crippen LogP contribution in [0.1, 0.15) is 42.5 Å². The molecule has 2 N–H and O–H groups in total. The van der Waals surface area contributed by atoms with Gasteiger partial charge in [0.2, 0.25) is 10.0 Å². The average Bonchev–Trinajstić information content (AvgIpc) is 2.78. The predicted octanol–water partition coefficient (Wildman–Crippen LogP) is 3.58. The van der Waals surface area contributed by atoms with E-state index >= 15 is 0 Å². The highest BCUT2D eigenvalue weighted by Crippen LogP contribution is 2.31. The lowest BCUT2D eigenvalue weighted by molar-refractivity contribution is 0.102. The normalized spacial score (nSPS) is 14.7. The van der Waals surface area contributed by atoms with Crippen molar-refractivity contribution in [1.29, 1.82) is 0 Å². The second kappa shape index (κ2) is 10.0. The average molecular weight is 449 g/mol. The van der Waals surface area contributed by atoms with E-state index in [1.54, 1.807) is 18.2 Å². The molecule has 9 heteroatoms. The minimum Gasteiger partial charge on any atom is -0.495 e. The molecule has 0 unspecified atom stereocenters. The number of rotatable bonds is 8. The van der Waals surface area contributed by atoms with E-state index in [2.05, 4.69) is 10.0 Å². The SMILES string of the molecule is COc1ccc(NC(=O)c2ccc(OC)c(S(=O)(=O)NC3CCCCC3)c2)cc1OC. The Morgan fingerprint density at radius 1 is 0.871 bits per heavy atom. The van der Waals surface area contributed by atoms with Gasteiger partial charge in [-0.1, -0.05) is 19.3 Å². The smallest absolute Gasteiger partial charge is 0.255 e. The zero-order valence-corrected chi connectivity index (χ0v) is 18.8. The largest absolute Gasteiger partial charge is 0.495 e. The summed E-state index contributed by atoms with van der Waals surface area (Å²) in [6, 6.07) is 9.21. The molecule has 2 aromatic carbocycles. The van der Waals surface area contributed by atoms with E-state index in [0.717, 1.165) is 32.1 Å². The molecule has 0 radical (unpaired) electrons. The molecule has 0 saturated heterocycles. The number of amides is 1. The van der Waals surface area contributed by atoms with E-state index in [4.69, 9.17) is 14.2 Å². The van der Waals surface area contributed by atoms with Crippen LogP contribution >= 0.6 is 0 Å². The number of ether oxygens (including phenoxy) is 3. The van der Waals surface area contributed by atoms with Gasteiger partial charge in [0.1, 0.15) is 10.6 Å². The molecule has 31 heavy (non-hydrogen) atoms. The monoisotopic (exact) mass is 448 g/mol. The van der Waals surface area contributed by atoms with Crippen molar-refractivity contribution in [2.24, 2.45) is 0 Å². The maximum absolute atomic E-state index is 13.0. The van der Waals surface area contributed by atoms with E-state index in [1.807, 2.05) is 0 Å². The number of carbonyl (C=O) groups excluding carboxylic acids is 1. The lowest BCUT2D eigenvalue weighted by atomic mass is 9.96. The van der Waals surface area contributed by atoms with Crippen molar-refractivity contribution in [1.82, 2.24) is 4.72 Å². The van der Waals surface area contributed by atoms with Gasteiger partial charge in [0.05, 0.1) is 21.3 Å². The summed E-state index contributed by atoms with van der Waals surface area (Å²) in [5.74, 6) is 0.733. The number of methoxy groups -OCH3 is 3. The van der Waals surface area contributed by atoms with Crippen molar-refractivity contribution in [2.75, 3.05) is 26.6 Å². The number of nitrogens with one attached hydrogen (secondary N) is 2. The molecule has 1 aliphatic rings. The van der Waals surface area contributed by atoms with E-state index in [-0.39, 0.29) is 22.3 Å². The van der Waals surface area contributed by atoms with Crippen molar-refractivity contribution in [3.63, 3.8) is 0 Å². The lowest BCUT2D eigenvalue weighted by Crippen LogP contribution is -2.36. The van der Waals surface area contributed by atoms with E-state index < -0.39 is 15.9 Å². The molecule has 0 aromatic heterocycles. The molecule has 168 valence electrons. The number of hydrogen-bond acceptors (Lipinski definition) is 6. The fourth-order valence-electron chi connectivity index (χ4n) is 3.65. The molecule has 0 spiro atoms. The fourth-order valence-corrected chi connectivity index (χ4v) is 5.15. The molecule has 3 rings (SSSR count). The minimum absolute atomic E-state index is 0.0551. The van der Waals surface area contributed by atoms with Crippen LogP contribution in [0.25, 0.3) is 0 Å². The molecule has 0 aliphatic heterocycles. The molecule has 1 fully saturated rings. The Labute approximate surface area is 182 Å². The highest BCUT2D eigenvalue weighted by Gasteiger charge is 2.26.